The Morgan fingerprint density at radius 1 is 1.20 bits per heavy atom. The first-order valence-corrected chi connectivity index (χ1v) is 5.81. The molecule has 0 nitrogen and oxygen atoms in total. The molecule has 0 radical (unpaired) electrons. The standard InChI is InChI=1S/C10H10ClF3S/c11-9(6-7-15-10(12,13)14)8-4-2-1-3-5-8/h1-5,9H,6-7H2. The fourth-order valence-electron chi connectivity index (χ4n) is 1.11. The van der Waals surface area contributed by atoms with Gasteiger partial charge in [0.25, 0.3) is 0 Å². The minimum Gasteiger partial charge on any atom is -0.160 e. The molecule has 1 aromatic carbocycles. The highest BCUT2D eigenvalue weighted by molar-refractivity contribution is 8.00. The van der Waals surface area contributed by atoms with Crippen molar-refractivity contribution in [2.24, 2.45) is 0 Å². The number of halogens is 4. The van der Waals surface area contributed by atoms with Crippen LogP contribution < -0.4 is 0 Å². The molecule has 0 N–H and O–H groups in total. The third kappa shape index (κ3) is 5.33. The molecule has 1 rings (SSSR count). The monoisotopic (exact) mass is 254 g/mol. The van der Waals surface area contributed by atoms with Crippen LogP contribution in [0.4, 0.5) is 13.2 Å². The summed E-state index contributed by atoms with van der Waals surface area (Å²) in [6.07, 6.45) is 0.315. The van der Waals surface area contributed by atoms with Gasteiger partial charge in [-0.25, -0.2) is 0 Å². The summed E-state index contributed by atoms with van der Waals surface area (Å²) in [6.45, 7) is 0. The largest absolute Gasteiger partial charge is 0.441 e. The van der Waals surface area contributed by atoms with E-state index in [2.05, 4.69) is 0 Å². The van der Waals surface area contributed by atoms with E-state index in [1.807, 2.05) is 30.3 Å². The van der Waals surface area contributed by atoms with Crippen molar-refractivity contribution < 1.29 is 13.2 Å². The van der Waals surface area contributed by atoms with Crippen LogP contribution in [0.3, 0.4) is 0 Å². The molecule has 0 saturated carbocycles. The molecule has 0 aromatic heterocycles. The predicted molar refractivity (Wildman–Crippen MR) is 58.2 cm³/mol. The summed E-state index contributed by atoms with van der Waals surface area (Å²) in [7, 11) is 0. The average Bonchev–Trinajstić information content (AvgIpc) is 2.17. The highest BCUT2D eigenvalue weighted by atomic mass is 35.5. The summed E-state index contributed by atoms with van der Waals surface area (Å²) in [5, 5.41) is -0.346. The zero-order valence-electron chi connectivity index (χ0n) is 7.80. The number of thioether (sulfide) groups is 1. The maximum atomic E-state index is 11.8. The van der Waals surface area contributed by atoms with Gasteiger partial charge in [-0.15, -0.1) is 11.6 Å². The Bertz CT molecular complexity index is 286. The van der Waals surface area contributed by atoms with Crippen molar-refractivity contribution in [3.8, 4) is 0 Å². The molecule has 0 heterocycles. The normalized spacial score (nSPS) is 13.9. The van der Waals surface area contributed by atoms with E-state index in [9.17, 15) is 13.2 Å². The van der Waals surface area contributed by atoms with E-state index in [0.717, 1.165) is 5.56 Å². The molecule has 1 atom stereocenters. The molecule has 0 aliphatic heterocycles. The fraction of sp³-hybridized carbons (Fsp3) is 0.400. The van der Waals surface area contributed by atoms with Crippen LogP contribution in [0.25, 0.3) is 0 Å². The summed E-state index contributed by atoms with van der Waals surface area (Å²) in [5.74, 6) is -0.00738. The van der Waals surface area contributed by atoms with Crippen LogP contribution in [0.2, 0.25) is 0 Å². The van der Waals surface area contributed by atoms with Gasteiger partial charge in [0.2, 0.25) is 0 Å². The van der Waals surface area contributed by atoms with E-state index in [4.69, 9.17) is 11.6 Å². The number of benzene rings is 1. The lowest BCUT2D eigenvalue weighted by Crippen LogP contribution is -2.02. The van der Waals surface area contributed by atoms with Gasteiger partial charge >= 0.3 is 5.51 Å². The second kappa shape index (κ2) is 5.66. The average molecular weight is 255 g/mol. The lowest BCUT2D eigenvalue weighted by Gasteiger charge is -2.10. The molecule has 1 unspecified atom stereocenters. The Balaban J connectivity index is 2.34. The number of alkyl halides is 4. The summed E-state index contributed by atoms with van der Waals surface area (Å²) in [5.41, 5.74) is -3.30. The van der Waals surface area contributed by atoms with E-state index in [1.165, 1.54) is 0 Å². The molecule has 0 spiro atoms. The van der Waals surface area contributed by atoms with Crippen LogP contribution >= 0.6 is 23.4 Å². The number of rotatable bonds is 4. The molecule has 5 heteroatoms. The minimum absolute atomic E-state index is 0.00738. The lowest BCUT2D eigenvalue weighted by molar-refractivity contribution is -0.0327. The lowest BCUT2D eigenvalue weighted by atomic mass is 10.1. The zero-order chi connectivity index (χ0) is 11.3. The van der Waals surface area contributed by atoms with Crippen LogP contribution in [0.5, 0.6) is 0 Å². The molecule has 0 saturated heterocycles. The smallest absolute Gasteiger partial charge is 0.160 e. The second-order valence-electron chi connectivity index (χ2n) is 2.96. The van der Waals surface area contributed by atoms with Crippen molar-refractivity contribution >= 4 is 23.4 Å². The third-order valence-corrected chi connectivity index (χ3v) is 3.04. The molecule has 0 fully saturated rings. The molecule has 0 amide bonds. The zero-order valence-corrected chi connectivity index (χ0v) is 9.37. The molecule has 84 valence electrons. The molecular weight excluding hydrogens is 245 g/mol. The van der Waals surface area contributed by atoms with Gasteiger partial charge in [0.1, 0.15) is 0 Å². The van der Waals surface area contributed by atoms with Crippen LogP contribution in [-0.2, 0) is 0 Å². The highest BCUT2D eigenvalue weighted by Gasteiger charge is 2.27. The Morgan fingerprint density at radius 2 is 1.80 bits per heavy atom. The molecule has 0 bridgehead atoms. The Morgan fingerprint density at radius 3 is 2.33 bits per heavy atom. The van der Waals surface area contributed by atoms with Gasteiger partial charge in [0, 0.05) is 5.75 Å². The van der Waals surface area contributed by atoms with Crippen LogP contribution in [-0.4, -0.2) is 11.3 Å². The fourth-order valence-corrected chi connectivity index (χ4v) is 2.08. The van der Waals surface area contributed by atoms with E-state index in [1.54, 1.807) is 0 Å². The third-order valence-electron chi connectivity index (χ3n) is 1.80. The number of hydrogen-bond donors (Lipinski definition) is 0. The Kier molecular flexibility index (Phi) is 4.80. The first-order chi connectivity index (χ1) is 6.99. The maximum Gasteiger partial charge on any atom is 0.441 e. The maximum absolute atomic E-state index is 11.8. The summed E-state index contributed by atoms with van der Waals surface area (Å²) in [6, 6.07) is 9.12. The van der Waals surface area contributed by atoms with Crippen molar-refractivity contribution in [1.82, 2.24) is 0 Å². The first-order valence-electron chi connectivity index (χ1n) is 4.39. The van der Waals surface area contributed by atoms with Gasteiger partial charge in [-0.2, -0.15) is 13.2 Å². The molecule has 1 aromatic rings. The van der Waals surface area contributed by atoms with E-state index in [0.29, 0.717) is 6.42 Å². The Labute approximate surface area is 95.8 Å². The van der Waals surface area contributed by atoms with Crippen molar-refractivity contribution in [2.45, 2.75) is 17.3 Å². The molecule has 0 aliphatic carbocycles. The predicted octanol–water partition coefficient (Wildman–Crippen LogP) is 4.61. The number of hydrogen-bond acceptors (Lipinski definition) is 1. The first kappa shape index (κ1) is 12.7. The quantitative estimate of drug-likeness (QED) is 0.707. The van der Waals surface area contributed by atoms with Gasteiger partial charge in [0.05, 0.1) is 5.38 Å². The molecule has 0 aliphatic rings. The Hall–Kier alpha value is -0.350. The molecule has 15 heavy (non-hydrogen) atoms. The van der Waals surface area contributed by atoms with Crippen LogP contribution in [0.1, 0.15) is 17.4 Å². The minimum atomic E-state index is -4.16. The van der Waals surface area contributed by atoms with Gasteiger partial charge < -0.3 is 0 Å². The summed E-state index contributed by atoms with van der Waals surface area (Å²) >= 11 is 5.93. The van der Waals surface area contributed by atoms with Crippen molar-refractivity contribution in [3.05, 3.63) is 35.9 Å². The van der Waals surface area contributed by atoms with Crippen molar-refractivity contribution in [2.75, 3.05) is 5.75 Å². The van der Waals surface area contributed by atoms with E-state index >= 15 is 0 Å². The SMILES string of the molecule is FC(F)(F)SCCC(Cl)c1ccccc1. The van der Waals surface area contributed by atoms with E-state index < -0.39 is 5.51 Å². The van der Waals surface area contributed by atoms with E-state index in [-0.39, 0.29) is 22.9 Å². The molecular formula is C10H10ClF3S. The van der Waals surface area contributed by atoms with Gasteiger partial charge in [-0.1, -0.05) is 42.1 Å². The summed E-state index contributed by atoms with van der Waals surface area (Å²) < 4.78 is 35.5. The second-order valence-corrected chi connectivity index (χ2v) is 4.65. The van der Waals surface area contributed by atoms with Crippen molar-refractivity contribution in [3.63, 3.8) is 0 Å². The van der Waals surface area contributed by atoms with Crippen LogP contribution in [0.15, 0.2) is 30.3 Å². The summed E-state index contributed by atoms with van der Waals surface area (Å²) in [4.78, 5) is 0. The van der Waals surface area contributed by atoms with Gasteiger partial charge in [-0.05, 0) is 12.0 Å². The van der Waals surface area contributed by atoms with Gasteiger partial charge in [-0.3, -0.25) is 0 Å². The highest BCUT2D eigenvalue weighted by Crippen LogP contribution is 2.33. The van der Waals surface area contributed by atoms with Crippen LogP contribution in [0, 0.1) is 0 Å². The van der Waals surface area contributed by atoms with Crippen molar-refractivity contribution in [1.29, 1.82) is 0 Å². The van der Waals surface area contributed by atoms with Gasteiger partial charge in [0.15, 0.2) is 0 Å². The topological polar surface area (TPSA) is 0 Å².